The minimum atomic E-state index is -0.959. The number of hydrogen-bond donors (Lipinski definition) is 0. The van der Waals surface area contributed by atoms with Crippen LogP contribution in [0.1, 0.15) is 62.2 Å². The zero-order valence-corrected chi connectivity index (χ0v) is 22.2. The highest BCUT2D eigenvalue weighted by atomic mass is 35.5. The zero-order chi connectivity index (χ0) is 25.7. The van der Waals surface area contributed by atoms with Crippen molar-refractivity contribution in [3.8, 4) is 17.2 Å². The van der Waals surface area contributed by atoms with Crippen molar-refractivity contribution >= 4 is 28.6 Å². The topological polar surface area (TPSA) is 77.1 Å². The van der Waals surface area contributed by atoms with Gasteiger partial charge in [-0.3, -0.25) is 0 Å². The molecule has 0 N–H and O–H groups in total. The molecule has 0 saturated heterocycles. The molecule has 184 valence electrons. The van der Waals surface area contributed by atoms with Gasteiger partial charge in [0.1, 0.15) is 5.65 Å². The summed E-state index contributed by atoms with van der Waals surface area (Å²) in [5.74, 6) is -0.477. The third-order valence-electron chi connectivity index (χ3n) is 6.82. The summed E-state index contributed by atoms with van der Waals surface area (Å²) in [7, 11) is 1.37. The van der Waals surface area contributed by atoms with E-state index in [2.05, 4.69) is 24.5 Å². The van der Waals surface area contributed by atoms with Crippen molar-refractivity contribution in [3.05, 3.63) is 51.8 Å². The Bertz CT molecular complexity index is 1340. The van der Waals surface area contributed by atoms with Gasteiger partial charge in [-0.1, -0.05) is 23.7 Å². The van der Waals surface area contributed by atoms with Crippen LogP contribution in [0.2, 0.25) is 5.02 Å². The molecule has 2 heterocycles. The average Bonchev–Trinajstić information content (AvgIpc) is 3.55. The van der Waals surface area contributed by atoms with Crippen molar-refractivity contribution in [2.75, 3.05) is 7.11 Å². The zero-order valence-electron chi connectivity index (χ0n) is 21.5. The van der Waals surface area contributed by atoms with E-state index >= 15 is 0 Å². The highest BCUT2D eigenvalue weighted by Gasteiger charge is 2.44. The predicted molar refractivity (Wildman–Crippen MR) is 137 cm³/mol. The molecule has 35 heavy (non-hydrogen) atoms. The first-order chi connectivity index (χ1) is 16.4. The van der Waals surface area contributed by atoms with Crippen LogP contribution in [0.5, 0.6) is 0 Å². The molecule has 7 heteroatoms. The van der Waals surface area contributed by atoms with Crippen molar-refractivity contribution in [1.29, 1.82) is 5.26 Å². The minimum Gasteiger partial charge on any atom is -0.467 e. The molecule has 4 rings (SSSR count). The lowest BCUT2D eigenvalue weighted by Gasteiger charge is -2.29. The van der Waals surface area contributed by atoms with Gasteiger partial charge in [0.2, 0.25) is 0 Å². The maximum absolute atomic E-state index is 13.1. The molecule has 0 radical (unpaired) electrons. The van der Waals surface area contributed by atoms with E-state index in [9.17, 15) is 10.1 Å². The van der Waals surface area contributed by atoms with Crippen molar-refractivity contribution in [2.45, 2.75) is 72.6 Å². The molecule has 0 aliphatic heterocycles. The van der Waals surface area contributed by atoms with Crippen molar-refractivity contribution in [2.24, 2.45) is 5.41 Å². The molecule has 1 fully saturated rings. The van der Waals surface area contributed by atoms with E-state index in [1.165, 1.54) is 7.11 Å². The molecule has 0 spiro atoms. The van der Waals surface area contributed by atoms with Gasteiger partial charge in [-0.25, -0.2) is 9.78 Å². The number of ether oxygens (including phenoxy) is 2. The first-order valence-corrected chi connectivity index (χ1v) is 12.2. The van der Waals surface area contributed by atoms with Gasteiger partial charge in [0.15, 0.2) is 6.10 Å². The lowest BCUT2D eigenvalue weighted by Crippen LogP contribution is -2.29. The maximum Gasteiger partial charge on any atom is 0.339 e. The Hall–Kier alpha value is -2.88. The fourth-order valence-electron chi connectivity index (χ4n) is 4.67. The van der Waals surface area contributed by atoms with Crippen LogP contribution in [0.25, 0.3) is 22.2 Å². The van der Waals surface area contributed by atoms with Crippen LogP contribution in [0.15, 0.2) is 24.3 Å². The Balaban J connectivity index is 2.08. The van der Waals surface area contributed by atoms with Crippen LogP contribution in [-0.2, 0) is 20.8 Å². The van der Waals surface area contributed by atoms with E-state index in [-0.39, 0.29) is 5.41 Å². The van der Waals surface area contributed by atoms with Crippen LogP contribution in [0.4, 0.5) is 0 Å². The van der Waals surface area contributed by atoms with E-state index in [4.69, 9.17) is 26.1 Å². The average molecular weight is 494 g/mol. The smallest absolute Gasteiger partial charge is 0.339 e. The van der Waals surface area contributed by atoms with Crippen molar-refractivity contribution in [1.82, 2.24) is 9.55 Å². The first-order valence-electron chi connectivity index (χ1n) is 11.8. The van der Waals surface area contributed by atoms with Gasteiger partial charge in [-0.15, -0.1) is 0 Å². The summed E-state index contributed by atoms with van der Waals surface area (Å²) in [6.45, 7) is 12.4. The molecule has 1 aliphatic rings. The van der Waals surface area contributed by atoms with E-state index in [0.29, 0.717) is 22.8 Å². The summed E-state index contributed by atoms with van der Waals surface area (Å²) in [4.78, 5) is 18.1. The number of rotatable bonds is 6. The third kappa shape index (κ3) is 4.68. The third-order valence-corrected chi connectivity index (χ3v) is 7.07. The molecule has 6 nitrogen and oxygen atoms in total. The molecule has 3 aromatic rings. The van der Waals surface area contributed by atoms with Gasteiger partial charge in [-0.05, 0) is 77.6 Å². The minimum absolute atomic E-state index is 0.332. The number of halogens is 1. The second-order valence-corrected chi connectivity index (χ2v) is 10.9. The Morgan fingerprint density at radius 3 is 2.37 bits per heavy atom. The summed E-state index contributed by atoms with van der Waals surface area (Å²) < 4.78 is 13.6. The second kappa shape index (κ2) is 8.96. The standard InChI is InChI=1S/C28H32ClN3O3/c1-16-18(3)32(15-28(14-30)12-13-28)25-21(16)23(19-8-10-20(29)11-9-19)22(17(2)31-25)24(26(33)34-7)35-27(4,5)6/h8-11,24H,12-13,15H2,1-7H3/t24-/m0/s1. The number of benzene rings is 1. The number of nitriles is 1. The van der Waals surface area contributed by atoms with Gasteiger partial charge < -0.3 is 14.0 Å². The molecule has 1 saturated carbocycles. The second-order valence-electron chi connectivity index (χ2n) is 10.5. The molecule has 0 bridgehead atoms. The van der Waals surface area contributed by atoms with Crippen molar-refractivity contribution in [3.63, 3.8) is 0 Å². The molecule has 1 aromatic carbocycles. The van der Waals surface area contributed by atoms with E-state index in [1.54, 1.807) is 0 Å². The number of methoxy groups -OCH3 is 1. The molecule has 0 amide bonds. The summed E-state index contributed by atoms with van der Waals surface area (Å²) in [5, 5.41) is 11.3. The fraction of sp³-hybridized carbons (Fsp3) is 0.464. The van der Waals surface area contributed by atoms with Gasteiger partial charge >= 0.3 is 5.97 Å². The number of esters is 1. The monoisotopic (exact) mass is 493 g/mol. The van der Waals surface area contributed by atoms with Gasteiger partial charge in [0, 0.05) is 39.5 Å². The lowest BCUT2D eigenvalue weighted by atomic mass is 9.91. The normalized spacial score (nSPS) is 15.6. The number of hydrogen-bond acceptors (Lipinski definition) is 5. The SMILES string of the molecule is COC(=O)[C@@H](OC(C)(C)C)c1c(C)nc2c(c(C)c(C)n2CC2(C#N)CC2)c1-c1ccc(Cl)cc1. The van der Waals surface area contributed by atoms with Gasteiger partial charge in [0.05, 0.1) is 24.2 Å². The molecular weight excluding hydrogens is 462 g/mol. The number of aromatic nitrogens is 2. The molecular formula is C28H32ClN3O3. The van der Waals surface area contributed by atoms with Crippen LogP contribution < -0.4 is 0 Å². The molecule has 1 aliphatic carbocycles. The molecule has 1 atom stereocenters. The van der Waals surface area contributed by atoms with E-state index in [1.807, 2.05) is 52.0 Å². The Morgan fingerprint density at radius 1 is 1.23 bits per heavy atom. The van der Waals surface area contributed by atoms with E-state index in [0.717, 1.165) is 46.3 Å². The quantitative estimate of drug-likeness (QED) is 0.361. The van der Waals surface area contributed by atoms with Crippen molar-refractivity contribution < 1.29 is 14.3 Å². The Labute approximate surface area is 211 Å². The summed E-state index contributed by atoms with van der Waals surface area (Å²) >= 11 is 6.22. The van der Waals surface area contributed by atoms with Gasteiger partial charge in [0.25, 0.3) is 0 Å². The highest BCUT2D eigenvalue weighted by molar-refractivity contribution is 6.30. The number of nitrogens with zero attached hydrogens (tertiary/aromatic N) is 3. The fourth-order valence-corrected chi connectivity index (χ4v) is 4.80. The number of fused-ring (bicyclic) bond motifs is 1. The van der Waals surface area contributed by atoms with Crippen LogP contribution in [0.3, 0.4) is 0 Å². The molecule has 0 unspecified atom stereocenters. The maximum atomic E-state index is 13.1. The number of pyridine rings is 1. The predicted octanol–water partition coefficient (Wildman–Crippen LogP) is 6.61. The molecule has 2 aromatic heterocycles. The summed E-state index contributed by atoms with van der Waals surface area (Å²) in [5.41, 5.74) is 5.16. The van der Waals surface area contributed by atoms with E-state index < -0.39 is 17.7 Å². The highest BCUT2D eigenvalue weighted by Crippen LogP contribution is 2.48. The van der Waals surface area contributed by atoms with Crippen LogP contribution >= 0.6 is 11.6 Å². The summed E-state index contributed by atoms with van der Waals surface area (Å²) in [6, 6.07) is 10.1. The lowest BCUT2D eigenvalue weighted by molar-refractivity contribution is -0.164. The Kier molecular flexibility index (Phi) is 6.46. The number of aryl methyl sites for hydroxylation is 2. The summed E-state index contributed by atoms with van der Waals surface area (Å²) in [6.07, 6.45) is 0.832. The van der Waals surface area contributed by atoms with Crippen LogP contribution in [-0.4, -0.2) is 28.2 Å². The number of carbonyl (C=O) groups is 1. The first kappa shape index (κ1) is 25.2. The van der Waals surface area contributed by atoms with Crippen LogP contribution in [0, 0.1) is 37.5 Å². The van der Waals surface area contributed by atoms with Gasteiger partial charge in [-0.2, -0.15) is 5.26 Å². The largest absolute Gasteiger partial charge is 0.467 e. The number of carbonyl (C=O) groups excluding carboxylic acids is 1. The Morgan fingerprint density at radius 2 is 1.86 bits per heavy atom.